The van der Waals surface area contributed by atoms with Crippen molar-refractivity contribution in [2.24, 2.45) is 5.92 Å². The average molecular weight is 230 g/mol. The van der Waals surface area contributed by atoms with E-state index in [-0.39, 0.29) is 11.9 Å². The van der Waals surface area contributed by atoms with Crippen molar-refractivity contribution in [3.63, 3.8) is 0 Å². The Morgan fingerprint density at radius 2 is 2.06 bits per heavy atom. The number of hydrogen-bond donors (Lipinski definition) is 0. The summed E-state index contributed by atoms with van der Waals surface area (Å²) in [5.74, 6) is 0.603. The van der Waals surface area contributed by atoms with Gasteiger partial charge in [0.1, 0.15) is 5.78 Å². The maximum atomic E-state index is 11.8. The van der Waals surface area contributed by atoms with Gasteiger partial charge in [-0.1, -0.05) is 6.07 Å². The molecule has 0 saturated heterocycles. The molecule has 1 aromatic rings. The number of rotatable bonds is 1. The van der Waals surface area contributed by atoms with E-state index in [1.54, 1.807) is 6.07 Å². The molecule has 2 unspecified atom stereocenters. The van der Waals surface area contributed by atoms with E-state index in [0.717, 1.165) is 18.4 Å². The highest BCUT2D eigenvalue weighted by molar-refractivity contribution is 5.91. The zero-order valence-corrected chi connectivity index (χ0v) is 9.73. The first-order chi connectivity index (χ1) is 8.20. The monoisotopic (exact) mass is 230 g/mol. The van der Waals surface area contributed by atoms with Gasteiger partial charge in [-0.15, -0.1) is 0 Å². The van der Waals surface area contributed by atoms with Crippen LogP contribution in [-0.2, 0) is 16.0 Å². The van der Waals surface area contributed by atoms with Crippen molar-refractivity contribution in [2.75, 3.05) is 7.11 Å². The summed E-state index contributed by atoms with van der Waals surface area (Å²) >= 11 is 0. The van der Waals surface area contributed by atoms with Gasteiger partial charge in [-0.25, -0.2) is 4.79 Å². The fourth-order valence-electron chi connectivity index (χ4n) is 2.92. The van der Waals surface area contributed by atoms with E-state index in [9.17, 15) is 9.59 Å². The molecule has 2 aliphatic carbocycles. The minimum Gasteiger partial charge on any atom is -0.465 e. The summed E-state index contributed by atoms with van der Waals surface area (Å²) in [5.41, 5.74) is 2.86. The van der Waals surface area contributed by atoms with Crippen LogP contribution in [0.25, 0.3) is 0 Å². The number of fused-ring (bicyclic) bond motifs is 3. The summed E-state index contributed by atoms with van der Waals surface area (Å²) in [5, 5.41) is 0. The Morgan fingerprint density at radius 1 is 1.29 bits per heavy atom. The number of hydrogen-bond acceptors (Lipinski definition) is 3. The molecular weight excluding hydrogens is 216 g/mol. The second kappa shape index (κ2) is 3.69. The lowest BCUT2D eigenvalue weighted by Gasteiger charge is -2.40. The maximum Gasteiger partial charge on any atom is 0.337 e. The molecular formula is C14H14O3. The van der Waals surface area contributed by atoms with Gasteiger partial charge in [0.05, 0.1) is 12.7 Å². The standard InChI is InChI=1S/C14H14O3/c1-17-14(16)9-3-2-8-7-13(15)11-5-4-10(11)12(8)6-9/h2-3,6,10-11H,4-5,7H2,1H3. The maximum absolute atomic E-state index is 11.8. The Bertz CT molecular complexity index is 504. The minimum absolute atomic E-state index is 0.204. The van der Waals surface area contributed by atoms with Crippen molar-refractivity contribution in [1.82, 2.24) is 0 Å². The second-order valence-corrected chi connectivity index (χ2v) is 4.84. The summed E-state index contributed by atoms with van der Waals surface area (Å²) in [6.07, 6.45) is 2.59. The molecule has 88 valence electrons. The predicted octanol–water partition coefficient (Wildman–Crippen LogP) is 2.09. The van der Waals surface area contributed by atoms with E-state index in [4.69, 9.17) is 4.74 Å². The molecule has 17 heavy (non-hydrogen) atoms. The Hall–Kier alpha value is -1.64. The topological polar surface area (TPSA) is 43.4 Å². The van der Waals surface area contributed by atoms with Crippen molar-refractivity contribution in [3.8, 4) is 0 Å². The van der Waals surface area contributed by atoms with Crippen LogP contribution >= 0.6 is 0 Å². The molecule has 1 saturated carbocycles. The van der Waals surface area contributed by atoms with Crippen LogP contribution in [0.5, 0.6) is 0 Å². The molecule has 0 amide bonds. The van der Waals surface area contributed by atoms with Crippen molar-refractivity contribution >= 4 is 11.8 Å². The first-order valence-electron chi connectivity index (χ1n) is 5.94. The number of ether oxygens (including phenoxy) is 1. The van der Waals surface area contributed by atoms with Gasteiger partial charge in [0.25, 0.3) is 0 Å². The summed E-state index contributed by atoms with van der Waals surface area (Å²) in [6.45, 7) is 0. The normalized spacial score (nSPS) is 25.6. The molecule has 0 spiro atoms. The van der Waals surface area contributed by atoms with Gasteiger partial charge >= 0.3 is 5.97 Å². The number of methoxy groups -OCH3 is 1. The Kier molecular flexibility index (Phi) is 2.28. The van der Waals surface area contributed by atoms with Gasteiger partial charge < -0.3 is 4.74 Å². The number of carbonyl (C=O) groups excluding carboxylic acids is 2. The quantitative estimate of drug-likeness (QED) is 0.694. The first-order valence-corrected chi connectivity index (χ1v) is 5.94. The Labute approximate surface area is 99.8 Å². The third kappa shape index (κ3) is 1.49. The van der Waals surface area contributed by atoms with Crippen molar-refractivity contribution in [2.45, 2.75) is 25.2 Å². The highest BCUT2D eigenvalue weighted by atomic mass is 16.5. The summed E-state index contributed by atoms with van der Waals surface area (Å²) < 4.78 is 4.72. The van der Waals surface area contributed by atoms with Gasteiger partial charge in [0, 0.05) is 12.3 Å². The number of Topliss-reactive ketones (excluding diaryl/α,β-unsaturated/α-hetero) is 1. The molecule has 1 fully saturated rings. The molecule has 3 heteroatoms. The third-order valence-electron chi connectivity index (χ3n) is 4.02. The molecule has 0 aromatic heterocycles. The lowest BCUT2D eigenvalue weighted by molar-refractivity contribution is -0.126. The molecule has 0 radical (unpaired) electrons. The van der Waals surface area contributed by atoms with Gasteiger partial charge in [0.15, 0.2) is 0 Å². The molecule has 3 rings (SSSR count). The van der Waals surface area contributed by atoms with Crippen LogP contribution in [0, 0.1) is 5.92 Å². The lowest BCUT2D eigenvalue weighted by atomic mass is 9.62. The smallest absolute Gasteiger partial charge is 0.337 e. The molecule has 0 heterocycles. The van der Waals surface area contributed by atoms with Crippen molar-refractivity contribution in [1.29, 1.82) is 0 Å². The number of esters is 1. The minimum atomic E-state index is -0.305. The molecule has 0 bridgehead atoms. The molecule has 1 aromatic carbocycles. The highest BCUT2D eigenvalue weighted by Crippen LogP contribution is 2.48. The third-order valence-corrected chi connectivity index (χ3v) is 4.02. The number of ketones is 1. The van der Waals surface area contributed by atoms with Crippen LogP contribution in [0.15, 0.2) is 18.2 Å². The van der Waals surface area contributed by atoms with Crippen LogP contribution in [0.3, 0.4) is 0 Å². The lowest BCUT2D eigenvalue weighted by Crippen LogP contribution is -2.37. The average Bonchev–Trinajstić information content (AvgIpc) is 2.27. The molecule has 3 nitrogen and oxygen atoms in total. The zero-order valence-electron chi connectivity index (χ0n) is 9.73. The van der Waals surface area contributed by atoms with E-state index < -0.39 is 0 Å². The number of carbonyl (C=O) groups is 2. The summed E-state index contributed by atoms with van der Waals surface area (Å²) in [4.78, 5) is 23.3. The van der Waals surface area contributed by atoms with Crippen LogP contribution in [0.2, 0.25) is 0 Å². The van der Waals surface area contributed by atoms with Crippen LogP contribution in [0.1, 0.15) is 40.2 Å². The van der Waals surface area contributed by atoms with Gasteiger partial charge in [-0.05, 0) is 42.0 Å². The molecule has 0 N–H and O–H groups in total. The van der Waals surface area contributed by atoms with E-state index in [1.165, 1.54) is 12.7 Å². The number of benzene rings is 1. The SMILES string of the molecule is COC(=O)c1ccc2c(c1)C1CCC1C(=O)C2. The summed E-state index contributed by atoms with van der Waals surface area (Å²) in [7, 11) is 1.39. The van der Waals surface area contributed by atoms with Crippen molar-refractivity contribution < 1.29 is 14.3 Å². The van der Waals surface area contributed by atoms with Gasteiger partial charge in [0.2, 0.25) is 0 Å². The van der Waals surface area contributed by atoms with Gasteiger partial charge in [-0.2, -0.15) is 0 Å². The second-order valence-electron chi connectivity index (χ2n) is 4.84. The summed E-state index contributed by atoms with van der Waals surface area (Å²) in [6, 6.07) is 5.55. The Morgan fingerprint density at radius 3 is 2.71 bits per heavy atom. The van der Waals surface area contributed by atoms with E-state index >= 15 is 0 Å². The fraction of sp³-hybridized carbons (Fsp3) is 0.429. The van der Waals surface area contributed by atoms with Crippen LogP contribution < -0.4 is 0 Å². The predicted molar refractivity (Wildman–Crippen MR) is 62.0 cm³/mol. The largest absolute Gasteiger partial charge is 0.465 e. The molecule has 0 aliphatic heterocycles. The van der Waals surface area contributed by atoms with Crippen LogP contribution in [-0.4, -0.2) is 18.9 Å². The van der Waals surface area contributed by atoms with Crippen molar-refractivity contribution in [3.05, 3.63) is 34.9 Å². The van der Waals surface area contributed by atoms with Crippen LogP contribution in [0.4, 0.5) is 0 Å². The van der Waals surface area contributed by atoms with Gasteiger partial charge in [-0.3, -0.25) is 4.79 Å². The Balaban J connectivity index is 2.03. The van der Waals surface area contributed by atoms with E-state index in [0.29, 0.717) is 23.7 Å². The zero-order chi connectivity index (χ0) is 12.0. The molecule has 2 aliphatic rings. The highest BCUT2D eigenvalue weighted by Gasteiger charge is 2.41. The first kappa shape index (κ1) is 10.5. The fourth-order valence-corrected chi connectivity index (χ4v) is 2.92. The van der Waals surface area contributed by atoms with E-state index in [1.807, 2.05) is 12.1 Å². The molecule has 2 atom stereocenters. The van der Waals surface area contributed by atoms with E-state index in [2.05, 4.69) is 0 Å².